The van der Waals surface area contributed by atoms with E-state index >= 15 is 0 Å². The predicted octanol–water partition coefficient (Wildman–Crippen LogP) is -0.363. The zero-order valence-electron chi connectivity index (χ0n) is 11.0. The Balaban J connectivity index is 1.73. The number of rotatable bonds is 4. The molecule has 0 aliphatic carbocycles. The zero-order valence-corrected chi connectivity index (χ0v) is 11.9. The molecule has 8 heteroatoms. The lowest BCUT2D eigenvalue weighted by Gasteiger charge is -2.26. The average molecular weight is 295 g/mol. The van der Waals surface area contributed by atoms with Crippen LogP contribution in [0.15, 0.2) is 23.1 Å². The highest BCUT2D eigenvalue weighted by atomic mass is 32.2. The van der Waals surface area contributed by atoms with Gasteiger partial charge in [-0.15, -0.1) is 0 Å². The van der Waals surface area contributed by atoms with Crippen LogP contribution >= 0.6 is 0 Å². The SMILES string of the molecule is O=S(=O)(CCN1CCNCC1)c1ccc2n[nH]nc2c1. The van der Waals surface area contributed by atoms with Gasteiger partial charge in [-0.05, 0) is 18.2 Å². The summed E-state index contributed by atoms with van der Waals surface area (Å²) in [5.41, 5.74) is 1.25. The number of aromatic amines is 1. The molecule has 1 aliphatic rings. The normalized spacial score (nSPS) is 17.6. The summed E-state index contributed by atoms with van der Waals surface area (Å²) >= 11 is 0. The van der Waals surface area contributed by atoms with E-state index in [2.05, 4.69) is 25.6 Å². The Morgan fingerprint density at radius 3 is 2.70 bits per heavy atom. The summed E-state index contributed by atoms with van der Waals surface area (Å²) in [5, 5.41) is 13.6. The summed E-state index contributed by atoms with van der Waals surface area (Å²) in [4.78, 5) is 2.48. The second-order valence-corrected chi connectivity index (χ2v) is 6.99. The molecule has 7 nitrogen and oxygen atoms in total. The number of nitrogens with one attached hydrogen (secondary N) is 2. The molecule has 2 heterocycles. The van der Waals surface area contributed by atoms with Crippen LogP contribution in [0, 0.1) is 0 Å². The molecule has 0 bridgehead atoms. The first kappa shape index (κ1) is 13.5. The van der Waals surface area contributed by atoms with E-state index in [-0.39, 0.29) is 5.75 Å². The Morgan fingerprint density at radius 1 is 1.15 bits per heavy atom. The van der Waals surface area contributed by atoms with E-state index in [0.29, 0.717) is 22.5 Å². The minimum Gasteiger partial charge on any atom is -0.314 e. The average Bonchev–Trinajstić information content (AvgIpc) is 2.94. The molecule has 0 saturated carbocycles. The predicted molar refractivity (Wildman–Crippen MR) is 75.3 cm³/mol. The number of piperazine rings is 1. The van der Waals surface area contributed by atoms with Crippen molar-refractivity contribution in [3.8, 4) is 0 Å². The first-order valence-electron chi connectivity index (χ1n) is 6.61. The molecule has 1 aromatic carbocycles. The van der Waals surface area contributed by atoms with Crippen LogP contribution < -0.4 is 5.32 Å². The fraction of sp³-hybridized carbons (Fsp3) is 0.500. The van der Waals surface area contributed by atoms with Crippen LogP contribution in [0.3, 0.4) is 0 Å². The molecule has 0 atom stereocenters. The molecule has 108 valence electrons. The van der Waals surface area contributed by atoms with Crippen LogP contribution in [0.25, 0.3) is 11.0 Å². The molecule has 0 spiro atoms. The Kier molecular flexibility index (Phi) is 3.68. The number of aromatic nitrogens is 3. The minimum absolute atomic E-state index is 0.135. The second-order valence-electron chi connectivity index (χ2n) is 4.88. The minimum atomic E-state index is -3.27. The maximum atomic E-state index is 12.3. The quantitative estimate of drug-likeness (QED) is 0.800. The van der Waals surface area contributed by atoms with Gasteiger partial charge in [-0.3, -0.25) is 4.90 Å². The van der Waals surface area contributed by atoms with E-state index in [9.17, 15) is 8.42 Å². The number of nitrogens with zero attached hydrogens (tertiary/aromatic N) is 3. The van der Waals surface area contributed by atoms with Crippen LogP contribution in [-0.4, -0.2) is 67.2 Å². The molecule has 2 N–H and O–H groups in total. The second kappa shape index (κ2) is 5.47. The fourth-order valence-corrected chi connectivity index (χ4v) is 3.62. The van der Waals surface area contributed by atoms with Gasteiger partial charge in [0.1, 0.15) is 11.0 Å². The molecule has 2 aromatic rings. The zero-order chi connectivity index (χ0) is 14.0. The highest BCUT2D eigenvalue weighted by Crippen LogP contribution is 2.16. The van der Waals surface area contributed by atoms with Crippen LogP contribution in [0.4, 0.5) is 0 Å². The summed E-state index contributed by atoms with van der Waals surface area (Å²) in [6.45, 7) is 4.21. The molecule has 0 unspecified atom stereocenters. The van der Waals surface area contributed by atoms with Crippen LogP contribution in [0.5, 0.6) is 0 Å². The third-order valence-corrected chi connectivity index (χ3v) is 5.22. The number of H-pyrrole nitrogens is 1. The maximum absolute atomic E-state index is 12.3. The molecule has 20 heavy (non-hydrogen) atoms. The standard InChI is InChI=1S/C12H17N5O2S/c18-20(19,8-7-17-5-3-13-4-6-17)10-1-2-11-12(9-10)15-16-14-11/h1-2,9,13H,3-8H2,(H,14,15,16). The van der Waals surface area contributed by atoms with E-state index in [1.54, 1.807) is 18.2 Å². The monoisotopic (exact) mass is 295 g/mol. The molecular weight excluding hydrogens is 278 g/mol. The van der Waals surface area contributed by atoms with E-state index in [4.69, 9.17) is 0 Å². The van der Waals surface area contributed by atoms with E-state index in [0.717, 1.165) is 26.2 Å². The van der Waals surface area contributed by atoms with Gasteiger partial charge >= 0.3 is 0 Å². The van der Waals surface area contributed by atoms with Crippen molar-refractivity contribution in [3.63, 3.8) is 0 Å². The van der Waals surface area contributed by atoms with Crippen LogP contribution in [0.1, 0.15) is 0 Å². The van der Waals surface area contributed by atoms with Gasteiger partial charge in [-0.2, -0.15) is 15.4 Å². The lowest BCUT2D eigenvalue weighted by atomic mass is 10.3. The van der Waals surface area contributed by atoms with Crippen molar-refractivity contribution in [2.24, 2.45) is 0 Å². The summed E-state index contributed by atoms with van der Waals surface area (Å²) in [5.74, 6) is 0.135. The van der Waals surface area contributed by atoms with Gasteiger partial charge in [-0.25, -0.2) is 8.42 Å². The van der Waals surface area contributed by atoms with Gasteiger partial charge in [0.25, 0.3) is 0 Å². The lowest BCUT2D eigenvalue weighted by Crippen LogP contribution is -2.45. The lowest BCUT2D eigenvalue weighted by molar-refractivity contribution is 0.254. The highest BCUT2D eigenvalue weighted by Gasteiger charge is 2.18. The van der Waals surface area contributed by atoms with Crippen LogP contribution in [-0.2, 0) is 9.84 Å². The summed E-state index contributed by atoms with van der Waals surface area (Å²) in [6.07, 6.45) is 0. The number of benzene rings is 1. The van der Waals surface area contributed by atoms with Crippen molar-refractivity contribution in [1.29, 1.82) is 0 Å². The summed E-state index contributed by atoms with van der Waals surface area (Å²) < 4.78 is 24.7. The van der Waals surface area contributed by atoms with Crippen molar-refractivity contribution in [1.82, 2.24) is 25.6 Å². The van der Waals surface area contributed by atoms with Gasteiger partial charge in [0.2, 0.25) is 0 Å². The fourth-order valence-electron chi connectivity index (χ4n) is 2.32. The van der Waals surface area contributed by atoms with Crippen molar-refractivity contribution in [2.75, 3.05) is 38.5 Å². The molecule has 0 amide bonds. The number of fused-ring (bicyclic) bond motifs is 1. The Hall–Kier alpha value is -1.51. The topological polar surface area (TPSA) is 91.0 Å². The highest BCUT2D eigenvalue weighted by molar-refractivity contribution is 7.91. The number of hydrogen-bond donors (Lipinski definition) is 2. The largest absolute Gasteiger partial charge is 0.314 e. The smallest absolute Gasteiger partial charge is 0.179 e. The van der Waals surface area contributed by atoms with E-state index in [1.807, 2.05) is 0 Å². The summed E-state index contributed by atoms with van der Waals surface area (Å²) in [7, 11) is -3.27. The summed E-state index contributed by atoms with van der Waals surface area (Å²) in [6, 6.07) is 4.85. The molecule has 1 fully saturated rings. The van der Waals surface area contributed by atoms with Gasteiger partial charge < -0.3 is 5.32 Å². The Bertz CT molecular complexity index is 691. The third-order valence-electron chi connectivity index (χ3n) is 3.53. The van der Waals surface area contributed by atoms with Crippen molar-refractivity contribution < 1.29 is 8.42 Å². The molecule has 0 radical (unpaired) electrons. The molecule has 3 rings (SSSR count). The van der Waals surface area contributed by atoms with Gasteiger partial charge in [-0.1, -0.05) is 0 Å². The Morgan fingerprint density at radius 2 is 1.90 bits per heavy atom. The van der Waals surface area contributed by atoms with Crippen molar-refractivity contribution in [3.05, 3.63) is 18.2 Å². The molecule has 1 saturated heterocycles. The number of hydrogen-bond acceptors (Lipinski definition) is 6. The maximum Gasteiger partial charge on any atom is 0.179 e. The molecule has 1 aliphatic heterocycles. The number of sulfone groups is 1. The van der Waals surface area contributed by atoms with E-state index < -0.39 is 9.84 Å². The van der Waals surface area contributed by atoms with Gasteiger partial charge in [0.15, 0.2) is 9.84 Å². The van der Waals surface area contributed by atoms with Crippen molar-refractivity contribution in [2.45, 2.75) is 4.90 Å². The Labute approximate surface area is 117 Å². The first-order valence-corrected chi connectivity index (χ1v) is 8.27. The van der Waals surface area contributed by atoms with Gasteiger partial charge in [0.05, 0.1) is 10.6 Å². The van der Waals surface area contributed by atoms with E-state index in [1.165, 1.54) is 0 Å². The first-order chi connectivity index (χ1) is 9.65. The van der Waals surface area contributed by atoms with Crippen molar-refractivity contribution >= 4 is 20.9 Å². The molecule has 1 aromatic heterocycles. The third kappa shape index (κ3) is 2.82. The molecular formula is C12H17N5O2S. The van der Waals surface area contributed by atoms with Gasteiger partial charge in [0, 0.05) is 32.7 Å². The van der Waals surface area contributed by atoms with Crippen LogP contribution in [0.2, 0.25) is 0 Å².